The monoisotopic (exact) mass is 294 g/mol. The van der Waals surface area contributed by atoms with Crippen LogP contribution in [0.1, 0.15) is 5.56 Å². The summed E-state index contributed by atoms with van der Waals surface area (Å²) >= 11 is 1.49. The molecule has 0 aliphatic carbocycles. The van der Waals surface area contributed by atoms with E-state index in [0.29, 0.717) is 5.75 Å². The van der Waals surface area contributed by atoms with Crippen molar-refractivity contribution in [3.05, 3.63) is 42.2 Å². The van der Waals surface area contributed by atoms with Crippen LogP contribution in [0.3, 0.4) is 0 Å². The highest BCUT2D eigenvalue weighted by molar-refractivity contribution is 7.99. The van der Waals surface area contributed by atoms with Gasteiger partial charge in [0, 0.05) is 29.9 Å². The van der Waals surface area contributed by atoms with Crippen LogP contribution in [0.2, 0.25) is 0 Å². The summed E-state index contributed by atoms with van der Waals surface area (Å²) in [5, 5.41) is 8.78. The molecule has 4 nitrogen and oxygen atoms in total. The van der Waals surface area contributed by atoms with Gasteiger partial charge < -0.3 is 4.57 Å². The molecule has 0 atom stereocenters. The molecule has 0 aliphatic rings. The fourth-order valence-corrected chi connectivity index (χ4v) is 3.01. The molecule has 3 rings (SSSR count). The van der Waals surface area contributed by atoms with Crippen LogP contribution in [-0.4, -0.2) is 20.3 Å². The quantitative estimate of drug-likeness (QED) is 0.693. The van der Waals surface area contributed by atoms with Crippen molar-refractivity contribution < 1.29 is 0 Å². The van der Waals surface area contributed by atoms with Crippen molar-refractivity contribution in [3.8, 4) is 17.5 Å². The molecule has 0 saturated heterocycles. The SMILES string of the molecule is Cc1ccc2c(c1)nc(-c1ccncc1SCC#N)n2C. The second-order valence-corrected chi connectivity index (χ2v) is 5.82. The Labute approximate surface area is 127 Å². The van der Waals surface area contributed by atoms with Gasteiger partial charge in [-0.15, -0.1) is 11.8 Å². The molecule has 0 bridgehead atoms. The molecule has 1 aromatic carbocycles. The largest absolute Gasteiger partial charge is 0.327 e. The first-order valence-corrected chi connectivity index (χ1v) is 7.56. The van der Waals surface area contributed by atoms with Gasteiger partial charge in [0.15, 0.2) is 0 Å². The van der Waals surface area contributed by atoms with Gasteiger partial charge in [0.05, 0.1) is 22.9 Å². The Balaban J connectivity index is 2.17. The Morgan fingerprint density at radius 3 is 3.00 bits per heavy atom. The highest BCUT2D eigenvalue weighted by atomic mass is 32.2. The number of fused-ring (bicyclic) bond motifs is 1. The number of nitrogens with zero attached hydrogens (tertiary/aromatic N) is 4. The number of imidazole rings is 1. The number of hydrogen-bond donors (Lipinski definition) is 0. The average Bonchev–Trinajstić information content (AvgIpc) is 2.81. The Morgan fingerprint density at radius 1 is 1.33 bits per heavy atom. The van der Waals surface area contributed by atoms with E-state index in [1.54, 1.807) is 12.4 Å². The second-order valence-electron chi connectivity index (χ2n) is 4.81. The molecule has 5 heteroatoms. The van der Waals surface area contributed by atoms with Crippen LogP contribution < -0.4 is 0 Å². The highest BCUT2D eigenvalue weighted by Crippen LogP contribution is 2.31. The number of hydrogen-bond acceptors (Lipinski definition) is 4. The minimum Gasteiger partial charge on any atom is -0.327 e. The predicted octanol–water partition coefficient (Wildman–Crippen LogP) is 3.56. The molecular weight excluding hydrogens is 280 g/mol. The molecule has 0 aliphatic heterocycles. The van der Waals surface area contributed by atoms with Gasteiger partial charge in [0.2, 0.25) is 0 Å². The maximum atomic E-state index is 8.78. The molecule has 0 radical (unpaired) electrons. The van der Waals surface area contributed by atoms with E-state index >= 15 is 0 Å². The number of rotatable bonds is 3. The summed E-state index contributed by atoms with van der Waals surface area (Å²) in [4.78, 5) is 9.89. The summed E-state index contributed by atoms with van der Waals surface area (Å²) in [6, 6.07) is 10.4. The number of pyridine rings is 1. The van der Waals surface area contributed by atoms with E-state index in [-0.39, 0.29) is 0 Å². The molecule has 2 aromatic heterocycles. The maximum absolute atomic E-state index is 8.78. The lowest BCUT2D eigenvalue weighted by atomic mass is 10.2. The number of benzene rings is 1. The fourth-order valence-electron chi connectivity index (χ4n) is 2.34. The number of thioether (sulfide) groups is 1. The Hall–Kier alpha value is -2.32. The lowest BCUT2D eigenvalue weighted by molar-refractivity contribution is 0.953. The van der Waals surface area contributed by atoms with Crippen molar-refractivity contribution >= 4 is 22.8 Å². The van der Waals surface area contributed by atoms with Gasteiger partial charge in [-0.3, -0.25) is 4.98 Å². The Bertz CT molecular complexity index is 845. The molecule has 104 valence electrons. The van der Waals surface area contributed by atoms with Gasteiger partial charge in [0.25, 0.3) is 0 Å². The summed E-state index contributed by atoms with van der Waals surface area (Å²) in [5.41, 5.74) is 4.30. The smallest absolute Gasteiger partial charge is 0.142 e. The Kier molecular flexibility index (Phi) is 3.63. The predicted molar refractivity (Wildman–Crippen MR) is 85.0 cm³/mol. The Morgan fingerprint density at radius 2 is 2.19 bits per heavy atom. The third-order valence-corrected chi connectivity index (χ3v) is 4.26. The first kappa shape index (κ1) is 13.7. The molecular formula is C16H14N4S. The van der Waals surface area contributed by atoms with Gasteiger partial charge in [0.1, 0.15) is 5.82 Å². The van der Waals surface area contributed by atoms with Crippen molar-refractivity contribution in [1.82, 2.24) is 14.5 Å². The minimum atomic E-state index is 0.405. The van der Waals surface area contributed by atoms with Gasteiger partial charge in [-0.05, 0) is 30.7 Å². The fraction of sp³-hybridized carbons (Fsp3) is 0.188. The van der Waals surface area contributed by atoms with Crippen molar-refractivity contribution in [3.63, 3.8) is 0 Å². The van der Waals surface area contributed by atoms with Gasteiger partial charge in [-0.2, -0.15) is 5.26 Å². The van der Waals surface area contributed by atoms with Crippen molar-refractivity contribution in [2.45, 2.75) is 11.8 Å². The molecule has 0 fully saturated rings. The third kappa shape index (κ3) is 2.50. The van der Waals surface area contributed by atoms with Crippen molar-refractivity contribution in [1.29, 1.82) is 5.26 Å². The molecule has 0 saturated carbocycles. The maximum Gasteiger partial charge on any atom is 0.142 e. The van der Waals surface area contributed by atoms with Crippen LogP contribution >= 0.6 is 11.8 Å². The van der Waals surface area contributed by atoms with E-state index in [9.17, 15) is 0 Å². The zero-order valence-electron chi connectivity index (χ0n) is 11.9. The van der Waals surface area contributed by atoms with Crippen molar-refractivity contribution in [2.24, 2.45) is 7.05 Å². The van der Waals surface area contributed by atoms with Gasteiger partial charge >= 0.3 is 0 Å². The van der Waals surface area contributed by atoms with Gasteiger partial charge in [-0.1, -0.05) is 6.07 Å². The highest BCUT2D eigenvalue weighted by Gasteiger charge is 2.13. The lowest BCUT2D eigenvalue weighted by Crippen LogP contribution is -1.94. The summed E-state index contributed by atoms with van der Waals surface area (Å²) in [6.45, 7) is 2.06. The van der Waals surface area contributed by atoms with Crippen LogP contribution in [0.25, 0.3) is 22.4 Å². The standard InChI is InChI=1S/C16H14N4S/c1-11-3-4-14-13(9-11)19-16(20(14)2)12-5-7-18-10-15(12)21-8-6-17/h3-5,7,9-10H,8H2,1-2H3. The third-order valence-electron chi connectivity index (χ3n) is 3.35. The van der Waals surface area contributed by atoms with Crippen LogP contribution in [-0.2, 0) is 7.05 Å². The van der Waals surface area contributed by atoms with Crippen LogP contribution in [0.4, 0.5) is 0 Å². The normalized spacial score (nSPS) is 10.7. The summed E-state index contributed by atoms with van der Waals surface area (Å²) < 4.78 is 2.08. The molecule has 0 spiro atoms. The van der Waals surface area contributed by atoms with E-state index in [2.05, 4.69) is 40.7 Å². The molecule has 2 heterocycles. The number of aryl methyl sites for hydroxylation is 2. The van der Waals surface area contributed by atoms with E-state index in [1.807, 2.05) is 13.1 Å². The summed E-state index contributed by atoms with van der Waals surface area (Å²) in [6.07, 6.45) is 3.55. The lowest BCUT2D eigenvalue weighted by Gasteiger charge is -2.07. The second kappa shape index (κ2) is 5.58. The summed E-state index contributed by atoms with van der Waals surface area (Å²) in [5.74, 6) is 1.31. The number of aromatic nitrogens is 3. The molecule has 0 N–H and O–H groups in total. The first-order valence-electron chi connectivity index (χ1n) is 6.58. The van der Waals surface area contributed by atoms with Crippen molar-refractivity contribution in [2.75, 3.05) is 5.75 Å². The van der Waals surface area contributed by atoms with Crippen LogP contribution in [0.15, 0.2) is 41.6 Å². The minimum absolute atomic E-state index is 0.405. The van der Waals surface area contributed by atoms with E-state index in [1.165, 1.54) is 17.3 Å². The zero-order chi connectivity index (χ0) is 14.8. The molecule has 21 heavy (non-hydrogen) atoms. The molecule has 0 amide bonds. The van der Waals surface area contributed by atoms with Gasteiger partial charge in [-0.25, -0.2) is 4.98 Å². The summed E-state index contributed by atoms with van der Waals surface area (Å²) in [7, 11) is 2.01. The zero-order valence-corrected chi connectivity index (χ0v) is 12.7. The van der Waals surface area contributed by atoms with Crippen LogP contribution in [0.5, 0.6) is 0 Å². The average molecular weight is 294 g/mol. The van der Waals surface area contributed by atoms with E-state index in [4.69, 9.17) is 10.2 Å². The van der Waals surface area contributed by atoms with E-state index in [0.717, 1.165) is 27.3 Å². The molecule has 3 aromatic rings. The first-order chi connectivity index (χ1) is 10.2. The number of nitriles is 1. The van der Waals surface area contributed by atoms with E-state index < -0.39 is 0 Å². The topological polar surface area (TPSA) is 54.5 Å². The molecule has 0 unspecified atom stereocenters. The van der Waals surface area contributed by atoms with Crippen LogP contribution in [0, 0.1) is 18.3 Å².